The van der Waals surface area contributed by atoms with Gasteiger partial charge in [-0.2, -0.15) is 0 Å². The van der Waals surface area contributed by atoms with Gasteiger partial charge in [0.05, 0.1) is 0 Å². The largest absolute Gasteiger partial charge is 0.459 e. The fourth-order valence-electron chi connectivity index (χ4n) is 3.91. The molecule has 33 heavy (non-hydrogen) atoms. The van der Waals surface area contributed by atoms with Crippen LogP contribution in [0.5, 0.6) is 0 Å². The van der Waals surface area contributed by atoms with E-state index in [-0.39, 0.29) is 6.61 Å². The van der Waals surface area contributed by atoms with Gasteiger partial charge in [0.15, 0.2) is 0 Å². The molecule has 2 N–H and O–H groups in total. The molecule has 1 unspecified atom stereocenters. The van der Waals surface area contributed by atoms with Gasteiger partial charge in [0.2, 0.25) is 5.91 Å². The molecule has 0 spiro atoms. The Labute approximate surface area is 198 Å². The highest BCUT2D eigenvalue weighted by atomic mass is 16.6. The summed E-state index contributed by atoms with van der Waals surface area (Å²) in [7, 11) is 0. The molecule has 0 saturated heterocycles. The monoisotopic (exact) mass is 460 g/mol. The van der Waals surface area contributed by atoms with Crippen molar-refractivity contribution in [1.82, 2.24) is 10.6 Å². The van der Waals surface area contributed by atoms with Crippen molar-refractivity contribution >= 4 is 18.0 Å². The summed E-state index contributed by atoms with van der Waals surface area (Å²) >= 11 is 0. The van der Waals surface area contributed by atoms with Crippen molar-refractivity contribution in [1.29, 1.82) is 0 Å². The summed E-state index contributed by atoms with van der Waals surface area (Å²) in [6, 6.07) is 8.67. The first-order valence-electron chi connectivity index (χ1n) is 12.0. The molecule has 1 aliphatic rings. The zero-order chi connectivity index (χ0) is 24.5. The second-order valence-corrected chi connectivity index (χ2v) is 10.5. The first-order chi connectivity index (χ1) is 15.5. The summed E-state index contributed by atoms with van der Waals surface area (Å²) in [5.41, 5.74) is -1.05. The summed E-state index contributed by atoms with van der Waals surface area (Å²) in [5, 5.41) is 5.41. The highest BCUT2D eigenvalue weighted by molar-refractivity contribution is 5.92. The number of alkyl carbamates (subject to hydrolysis) is 1. The number of hydrogen-bond donors (Lipinski definition) is 2. The van der Waals surface area contributed by atoms with Crippen LogP contribution in [0.1, 0.15) is 85.1 Å². The van der Waals surface area contributed by atoms with Gasteiger partial charge < -0.3 is 20.1 Å². The third-order valence-electron chi connectivity index (χ3n) is 5.78. The molecule has 1 aliphatic carbocycles. The number of esters is 1. The lowest BCUT2D eigenvalue weighted by Crippen LogP contribution is -2.58. The molecule has 1 saturated carbocycles. The van der Waals surface area contributed by atoms with Crippen LogP contribution in [0.25, 0.3) is 0 Å². The number of benzene rings is 1. The molecule has 2 rings (SSSR count). The van der Waals surface area contributed by atoms with Gasteiger partial charge in [-0.1, -0.05) is 62.4 Å². The van der Waals surface area contributed by atoms with Crippen molar-refractivity contribution < 1.29 is 23.9 Å². The summed E-state index contributed by atoms with van der Waals surface area (Å²) < 4.78 is 10.8. The summed E-state index contributed by atoms with van der Waals surface area (Å²) in [6.45, 7) is 8.57. The van der Waals surface area contributed by atoms with Crippen molar-refractivity contribution in [3.63, 3.8) is 0 Å². The average molecular weight is 461 g/mol. The summed E-state index contributed by atoms with van der Waals surface area (Å²) in [5.74, 6) is -0.359. The van der Waals surface area contributed by atoms with E-state index in [1.165, 1.54) is 19.3 Å². The van der Waals surface area contributed by atoms with E-state index in [1.807, 2.05) is 30.3 Å². The van der Waals surface area contributed by atoms with Crippen LogP contribution in [0.2, 0.25) is 0 Å². The van der Waals surface area contributed by atoms with Crippen molar-refractivity contribution in [3.05, 3.63) is 35.9 Å². The van der Waals surface area contributed by atoms with E-state index in [0.717, 1.165) is 24.8 Å². The van der Waals surface area contributed by atoms with Gasteiger partial charge in [0.1, 0.15) is 23.8 Å². The van der Waals surface area contributed by atoms with Gasteiger partial charge in [-0.25, -0.2) is 9.59 Å². The van der Waals surface area contributed by atoms with Crippen molar-refractivity contribution in [3.8, 4) is 0 Å². The van der Waals surface area contributed by atoms with Gasteiger partial charge in [0, 0.05) is 0 Å². The minimum Gasteiger partial charge on any atom is -0.459 e. The lowest BCUT2D eigenvalue weighted by atomic mass is 9.85. The molecular weight excluding hydrogens is 420 g/mol. The SMILES string of the molecule is CC(C)(C)OC(=O)NC(C)(C)C(=O)NC(CCC1CCCCC1)C(=O)OCc1ccccc1. The average Bonchev–Trinajstić information content (AvgIpc) is 2.74. The standard InChI is InChI=1S/C26H40N2O5/c1-25(2,3)33-24(31)28-26(4,5)23(30)27-21(17-16-19-12-8-6-9-13-19)22(29)32-18-20-14-10-7-11-15-20/h7,10-11,14-15,19,21H,6,8-9,12-13,16-18H2,1-5H3,(H,27,30)(H,28,31). The number of rotatable bonds is 9. The zero-order valence-corrected chi connectivity index (χ0v) is 20.7. The molecule has 0 heterocycles. The van der Waals surface area contributed by atoms with Gasteiger partial charge in [0.25, 0.3) is 0 Å². The zero-order valence-electron chi connectivity index (χ0n) is 20.7. The highest BCUT2D eigenvalue weighted by Gasteiger charge is 2.35. The summed E-state index contributed by atoms with van der Waals surface area (Å²) in [4.78, 5) is 38.1. The number of carbonyl (C=O) groups is 3. The molecule has 1 atom stereocenters. The molecule has 0 bridgehead atoms. The Morgan fingerprint density at radius 1 is 1.00 bits per heavy atom. The van der Waals surface area contributed by atoms with Crippen LogP contribution in [0.15, 0.2) is 30.3 Å². The Morgan fingerprint density at radius 2 is 1.64 bits per heavy atom. The van der Waals surface area contributed by atoms with Crippen LogP contribution in [-0.4, -0.2) is 35.2 Å². The van der Waals surface area contributed by atoms with Crippen LogP contribution < -0.4 is 10.6 Å². The minimum atomic E-state index is -1.26. The number of nitrogens with one attached hydrogen (secondary N) is 2. The molecule has 0 aliphatic heterocycles. The molecule has 7 heteroatoms. The molecule has 0 radical (unpaired) electrons. The van der Waals surface area contributed by atoms with E-state index < -0.39 is 35.2 Å². The van der Waals surface area contributed by atoms with Crippen LogP contribution in [0.3, 0.4) is 0 Å². The Kier molecular flexibility index (Phi) is 9.74. The van der Waals surface area contributed by atoms with Crippen LogP contribution >= 0.6 is 0 Å². The van der Waals surface area contributed by atoms with E-state index >= 15 is 0 Å². The Balaban J connectivity index is 2.01. The van der Waals surface area contributed by atoms with Crippen molar-refractivity contribution in [2.24, 2.45) is 5.92 Å². The molecule has 1 aromatic carbocycles. The predicted molar refractivity (Wildman–Crippen MR) is 127 cm³/mol. The maximum Gasteiger partial charge on any atom is 0.408 e. The molecule has 2 amide bonds. The van der Waals surface area contributed by atoms with E-state index in [0.29, 0.717) is 12.3 Å². The normalized spacial score (nSPS) is 15.9. The molecule has 7 nitrogen and oxygen atoms in total. The number of carbonyl (C=O) groups excluding carboxylic acids is 3. The van der Waals surface area contributed by atoms with E-state index in [1.54, 1.807) is 34.6 Å². The maximum atomic E-state index is 13.0. The first kappa shape index (κ1) is 26.7. The van der Waals surface area contributed by atoms with E-state index in [2.05, 4.69) is 10.6 Å². The molecule has 1 fully saturated rings. The Hall–Kier alpha value is -2.57. The number of ether oxygens (including phenoxy) is 2. The molecule has 1 aromatic rings. The fraction of sp³-hybridized carbons (Fsp3) is 0.654. The molecule has 0 aromatic heterocycles. The van der Waals surface area contributed by atoms with Crippen molar-refractivity contribution in [2.45, 2.75) is 103 Å². The van der Waals surface area contributed by atoms with Gasteiger partial charge in [-0.05, 0) is 58.9 Å². The fourth-order valence-corrected chi connectivity index (χ4v) is 3.91. The predicted octanol–water partition coefficient (Wildman–Crippen LogP) is 4.88. The molecule has 184 valence electrons. The smallest absolute Gasteiger partial charge is 0.408 e. The van der Waals surface area contributed by atoms with Gasteiger partial charge >= 0.3 is 12.1 Å². The Bertz CT molecular complexity index is 780. The van der Waals surface area contributed by atoms with Crippen molar-refractivity contribution in [2.75, 3.05) is 0 Å². The first-order valence-corrected chi connectivity index (χ1v) is 12.0. The van der Waals surface area contributed by atoms with Crippen LogP contribution in [-0.2, 0) is 25.7 Å². The van der Waals surface area contributed by atoms with E-state index in [9.17, 15) is 14.4 Å². The minimum absolute atomic E-state index is 0.148. The lowest BCUT2D eigenvalue weighted by molar-refractivity contribution is -0.150. The third-order valence-corrected chi connectivity index (χ3v) is 5.78. The Morgan fingerprint density at radius 3 is 2.24 bits per heavy atom. The van der Waals surface area contributed by atoms with Crippen LogP contribution in [0, 0.1) is 5.92 Å². The van der Waals surface area contributed by atoms with E-state index in [4.69, 9.17) is 9.47 Å². The molecular formula is C26H40N2O5. The maximum absolute atomic E-state index is 13.0. The quantitative estimate of drug-likeness (QED) is 0.512. The second-order valence-electron chi connectivity index (χ2n) is 10.5. The number of amides is 2. The second kappa shape index (κ2) is 12.1. The van der Waals surface area contributed by atoms with Gasteiger partial charge in [-0.15, -0.1) is 0 Å². The van der Waals surface area contributed by atoms with Gasteiger partial charge in [-0.3, -0.25) is 4.79 Å². The highest BCUT2D eigenvalue weighted by Crippen LogP contribution is 2.28. The van der Waals surface area contributed by atoms with Crippen LogP contribution in [0.4, 0.5) is 4.79 Å². The summed E-state index contributed by atoms with van der Waals surface area (Å²) in [6.07, 6.45) is 6.68. The third kappa shape index (κ3) is 9.84. The lowest BCUT2D eigenvalue weighted by Gasteiger charge is -2.30. The number of hydrogen-bond acceptors (Lipinski definition) is 5. The topological polar surface area (TPSA) is 93.7 Å².